The van der Waals surface area contributed by atoms with Crippen molar-refractivity contribution >= 4 is 17.0 Å². The lowest BCUT2D eigenvalue weighted by Crippen LogP contribution is -2.35. The van der Waals surface area contributed by atoms with Crippen LogP contribution >= 0.6 is 0 Å². The lowest BCUT2D eigenvalue weighted by Gasteiger charge is -2.23. The first-order valence-corrected chi connectivity index (χ1v) is 6.01. The van der Waals surface area contributed by atoms with E-state index in [4.69, 9.17) is 4.74 Å². The molecule has 18 heavy (non-hydrogen) atoms. The predicted octanol–water partition coefficient (Wildman–Crippen LogP) is 1.67. The van der Waals surface area contributed by atoms with E-state index in [0.717, 1.165) is 24.2 Å². The molecular weight excluding hydrogens is 230 g/mol. The molecule has 1 aliphatic heterocycles. The van der Waals surface area contributed by atoms with Crippen molar-refractivity contribution in [1.82, 2.24) is 15.6 Å². The van der Waals surface area contributed by atoms with Crippen LogP contribution in [0.15, 0.2) is 24.3 Å². The normalized spacial score (nSPS) is 18.4. The molecule has 5 heteroatoms. The Bertz CT molecular complexity index is 591. The maximum absolute atomic E-state index is 11.3. The minimum absolute atomic E-state index is 0.402. The van der Waals surface area contributed by atoms with E-state index in [1.54, 1.807) is 7.05 Å². The molecule has 0 radical (unpaired) electrons. The molecule has 0 saturated carbocycles. The Morgan fingerprint density at radius 3 is 3.11 bits per heavy atom. The van der Waals surface area contributed by atoms with Gasteiger partial charge < -0.3 is 15.0 Å². The zero-order valence-corrected chi connectivity index (χ0v) is 10.1. The van der Waals surface area contributed by atoms with Gasteiger partial charge >= 0.3 is 6.09 Å². The van der Waals surface area contributed by atoms with Crippen molar-refractivity contribution in [2.75, 3.05) is 13.6 Å². The van der Waals surface area contributed by atoms with Crippen LogP contribution in [0.1, 0.15) is 17.5 Å². The van der Waals surface area contributed by atoms with Crippen LogP contribution in [-0.4, -0.2) is 24.7 Å². The van der Waals surface area contributed by atoms with Gasteiger partial charge in [0.25, 0.3) is 0 Å². The van der Waals surface area contributed by atoms with Crippen LogP contribution < -0.4 is 10.6 Å². The molecule has 0 spiro atoms. The molecule has 5 nitrogen and oxygen atoms in total. The molecule has 1 atom stereocenters. The van der Waals surface area contributed by atoms with Crippen molar-refractivity contribution in [3.8, 4) is 0 Å². The third-order valence-electron chi connectivity index (χ3n) is 3.24. The molecule has 0 saturated heterocycles. The Balaban J connectivity index is 2.02. The van der Waals surface area contributed by atoms with E-state index in [1.807, 2.05) is 18.2 Å². The first-order valence-electron chi connectivity index (χ1n) is 6.01. The van der Waals surface area contributed by atoms with Gasteiger partial charge in [0.15, 0.2) is 6.23 Å². The number of hydrogen-bond acceptors (Lipinski definition) is 3. The van der Waals surface area contributed by atoms with E-state index in [-0.39, 0.29) is 0 Å². The third kappa shape index (κ3) is 1.73. The SMILES string of the molecule is CNC(=O)OC1NCCc2c1[nH]c1ccccc21. The molecule has 1 aromatic carbocycles. The predicted molar refractivity (Wildman–Crippen MR) is 68.3 cm³/mol. The number of aromatic amines is 1. The number of nitrogens with one attached hydrogen (secondary N) is 3. The van der Waals surface area contributed by atoms with Gasteiger partial charge in [0.05, 0.1) is 5.69 Å². The van der Waals surface area contributed by atoms with E-state index in [1.165, 1.54) is 10.9 Å². The summed E-state index contributed by atoms with van der Waals surface area (Å²) >= 11 is 0. The second kappa shape index (κ2) is 4.34. The minimum atomic E-state index is -0.431. The van der Waals surface area contributed by atoms with Gasteiger partial charge in [0.2, 0.25) is 0 Å². The molecule has 1 aliphatic rings. The zero-order valence-electron chi connectivity index (χ0n) is 10.1. The van der Waals surface area contributed by atoms with E-state index >= 15 is 0 Å². The molecule has 0 aliphatic carbocycles. The van der Waals surface area contributed by atoms with Crippen LogP contribution in [0.4, 0.5) is 4.79 Å². The smallest absolute Gasteiger partial charge is 0.408 e. The fraction of sp³-hybridized carbons (Fsp3) is 0.308. The van der Waals surface area contributed by atoms with E-state index < -0.39 is 12.3 Å². The van der Waals surface area contributed by atoms with Crippen molar-refractivity contribution < 1.29 is 9.53 Å². The Morgan fingerprint density at radius 2 is 2.28 bits per heavy atom. The van der Waals surface area contributed by atoms with Crippen LogP contribution in [0, 0.1) is 0 Å². The molecule has 3 rings (SSSR count). The second-order valence-corrected chi connectivity index (χ2v) is 4.30. The molecule has 0 bridgehead atoms. The number of carbonyl (C=O) groups is 1. The number of H-pyrrole nitrogens is 1. The number of amides is 1. The van der Waals surface area contributed by atoms with Gasteiger partial charge in [-0.1, -0.05) is 18.2 Å². The highest BCUT2D eigenvalue weighted by Crippen LogP contribution is 2.30. The summed E-state index contributed by atoms with van der Waals surface area (Å²) in [5.41, 5.74) is 3.26. The van der Waals surface area contributed by atoms with Crippen LogP contribution in [0.5, 0.6) is 0 Å². The number of carbonyl (C=O) groups excluding carboxylic acids is 1. The number of aromatic nitrogens is 1. The van der Waals surface area contributed by atoms with Gasteiger partial charge in [-0.2, -0.15) is 0 Å². The zero-order chi connectivity index (χ0) is 12.5. The Kier molecular flexibility index (Phi) is 2.68. The van der Waals surface area contributed by atoms with E-state index in [0.29, 0.717) is 0 Å². The summed E-state index contributed by atoms with van der Waals surface area (Å²) in [5.74, 6) is 0. The molecule has 2 aromatic rings. The molecule has 1 unspecified atom stereocenters. The van der Waals surface area contributed by atoms with Gasteiger partial charge in [-0.3, -0.25) is 5.32 Å². The van der Waals surface area contributed by atoms with Crippen LogP contribution in [0.2, 0.25) is 0 Å². The lowest BCUT2D eigenvalue weighted by molar-refractivity contribution is 0.0733. The molecule has 94 valence electrons. The summed E-state index contributed by atoms with van der Waals surface area (Å²) in [5, 5.41) is 6.86. The van der Waals surface area contributed by atoms with Crippen LogP contribution in [0.25, 0.3) is 10.9 Å². The van der Waals surface area contributed by atoms with Crippen molar-refractivity contribution in [3.63, 3.8) is 0 Å². The summed E-state index contributed by atoms with van der Waals surface area (Å²) in [7, 11) is 1.55. The average Bonchev–Trinajstić information content (AvgIpc) is 2.78. The molecular formula is C13H15N3O2. The topological polar surface area (TPSA) is 66.2 Å². The van der Waals surface area contributed by atoms with Crippen molar-refractivity contribution in [2.24, 2.45) is 0 Å². The van der Waals surface area contributed by atoms with Gasteiger partial charge in [0.1, 0.15) is 0 Å². The molecule has 1 aromatic heterocycles. The fourth-order valence-electron chi connectivity index (χ4n) is 2.41. The highest BCUT2D eigenvalue weighted by Gasteiger charge is 2.26. The third-order valence-corrected chi connectivity index (χ3v) is 3.24. The van der Waals surface area contributed by atoms with Crippen molar-refractivity contribution in [3.05, 3.63) is 35.5 Å². The maximum atomic E-state index is 11.3. The Hall–Kier alpha value is -2.01. The lowest BCUT2D eigenvalue weighted by atomic mass is 10.0. The van der Waals surface area contributed by atoms with E-state index in [2.05, 4.69) is 21.7 Å². The minimum Gasteiger partial charge on any atom is -0.424 e. The number of ether oxygens (including phenoxy) is 1. The fourth-order valence-corrected chi connectivity index (χ4v) is 2.41. The summed E-state index contributed by atoms with van der Waals surface area (Å²) in [4.78, 5) is 14.6. The quantitative estimate of drug-likeness (QED) is 0.716. The molecule has 3 N–H and O–H groups in total. The molecule has 1 amide bonds. The summed E-state index contributed by atoms with van der Waals surface area (Å²) in [6.45, 7) is 0.802. The summed E-state index contributed by atoms with van der Waals surface area (Å²) < 4.78 is 5.30. The van der Waals surface area contributed by atoms with Crippen LogP contribution in [-0.2, 0) is 11.2 Å². The summed E-state index contributed by atoms with van der Waals surface area (Å²) in [6, 6.07) is 8.14. The Labute approximate surface area is 105 Å². The number of hydrogen-bond donors (Lipinski definition) is 3. The molecule has 0 fully saturated rings. The number of rotatable bonds is 1. The van der Waals surface area contributed by atoms with Crippen molar-refractivity contribution in [2.45, 2.75) is 12.6 Å². The standard InChI is InChI=1S/C13H15N3O2/c1-14-13(17)18-12-11-9(6-7-15-12)8-4-2-3-5-10(8)16-11/h2-5,12,15-16H,6-7H2,1H3,(H,14,17). The highest BCUT2D eigenvalue weighted by atomic mass is 16.6. The average molecular weight is 245 g/mol. The monoisotopic (exact) mass is 245 g/mol. The Morgan fingerprint density at radius 1 is 1.44 bits per heavy atom. The van der Waals surface area contributed by atoms with Gasteiger partial charge in [-0.25, -0.2) is 4.79 Å². The number of para-hydroxylation sites is 1. The van der Waals surface area contributed by atoms with Gasteiger partial charge in [-0.05, 0) is 18.1 Å². The highest BCUT2D eigenvalue weighted by molar-refractivity contribution is 5.85. The largest absolute Gasteiger partial charge is 0.424 e. The number of benzene rings is 1. The number of alkyl carbamates (subject to hydrolysis) is 1. The van der Waals surface area contributed by atoms with E-state index in [9.17, 15) is 4.79 Å². The molecule has 2 heterocycles. The first-order chi connectivity index (χ1) is 8.79. The second-order valence-electron chi connectivity index (χ2n) is 4.30. The van der Waals surface area contributed by atoms with Crippen molar-refractivity contribution in [1.29, 1.82) is 0 Å². The maximum Gasteiger partial charge on any atom is 0.408 e. The number of fused-ring (bicyclic) bond motifs is 3. The first kappa shape index (κ1) is 11.1. The van der Waals surface area contributed by atoms with Gasteiger partial charge in [-0.15, -0.1) is 0 Å². The summed E-state index contributed by atoms with van der Waals surface area (Å²) in [6.07, 6.45) is 0.104. The van der Waals surface area contributed by atoms with Crippen LogP contribution in [0.3, 0.4) is 0 Å². The van der Waals surface area contributed by atoms with Gasteiger partial charge in [0, 0.05) is 24.5 Å².